The summed E-state index contributed by atoms with van der Waals surface area (Å²) in [6.45, 7) is 0.459. The number of carbonyl (C=O) groups is 3. The van der Waals surface area contributed by atoms with Crippen LogP contribution in [0.25, 0.3) is 11.1 Å². The lowest BCUT2D eigenvalue weighted by atomic mass is 9.75. The van der Waals surface area contributed by atoms with Gasteiger partial charge in [-0.2, -0.15) is 0 Å². The number of fused-ring (bicyclic) bond motifs is 3. The Labute approximate surface area is 205 Å². The minimum atomic E-state index is -0.797. The van der Waals surface area contributed by atoms with Crippen LogP contribution >= 0.6 is 0 Å². The van der Waals surface area contributed by atoms with Gasteiger partial charge in [0.25, 0.3) is 0 Å². The first-order valence-electron chi connectivity index (χ1n) is 12.6. The highest BCUT2D eigenvalue weighted by Crippen LogP contribution is 2.44. The standard InChI is InChI=1S/C28H32N2O5/c31-26(30-19-13-12-18(14-19)27(32)33)24(17-6-5-7-17)15-29-28(34)35-16-25-22-10-3-1-8-20(22)21-9-2-4-11-23(21)25/h1-4,8-11,17-19,24-25H,5-7,12-16H2,(H,29,34)(H,30,31)(H,32,33)/t18-,19+,24?/m1/s1. The third-order valence-electron chi connectivity index (χ3n) is 7.99. The van der Waals surface area contributed by atoms with Crippen molar-refractivity contribution >= 4 is 18.0 Å². The maximum Gasteiger partial charge on any atom is 0.407 e. The summed E-state index contributed by atoms with van der Waals surface area (Å²) < 4.78 is 5.63. The first-order chi connectivity index (χ1) is 17.0. The lowest BCUT2D eigenvalue weighted by molar-refractivity contribution is -0.141. The third-order valence-corrected chi connectivity index (χ3v) is 7.99. The Balaban J connectivity index is 1.16. The molecule has 2 fully saturated rings. The lowest BCUT2D eigenvalue weighted by Crippen LogP contribution is -2.47. The van der Waals surface area contributed by atoms with E-state index in [1.54, 1.807) is 0 Å². The van der Waals surface area contributed by atoms with Gasteiger partial charge in [-0.3, -0.25) is 9.59 Å². The van der Waals surface area contributed by atoms with Crippen LogP contribution in [0.1, 0.15) is 55.6 Å². The molecule has 1 unspecified atom stereocenters. The molecule has 35 heavy (non-hydrogen) atoms. The molecule has 0 saturated heterocycles. The van der Waals surface area contributed by atoms with Gasteiger partial charge in [0.05, 0.1) is 11.8 Å². The summed E-state index contributed by atoms with van der Waals surface area (Å²) in [6.07, 6.45) is 4.24. The Morgan fingerprint density at radius 3 is 2.17 bits per heavy atom. The molecular formula is C28H32N2O5. The van der Waals surface area contributed by atoms with Gasteiger partial charge in [0.15, 0.2) is 0 Å². The molecule has 2 amide bonds. The molecule has 0 spiro atoms. The summed E-state index contributed by atoms with van der Waals surface area (Å²) in [5, 5.41) is 15.1. The van der Waals surface area contributed by atoms with Gasteiger partial charge >= 0.3 is 12.1 Å². The lowest BCUT2D eigenvalue weighted by Gasteiger charge is -2.33. The van der Waals surface area contributed by atoms with E-state index in [1.807, 2.05) is 24.3 Å². The van der Waals surface area contributed by atoms with Crippen molar-refractivity contribution in [3.8, 4) is 11.1 Å². The quantitative estimate of drug-likeness (QED) is 0.527. The number of ether oxygens (including phenoxy) is 1. The molecule has 0 aromatic heterocycles. The van der Waals surface area contributed by atoms with Crippen LogP contribution in [0.3, 0.4) is 0 Å². The maximum absolute atomic E-state index is 13.0. The Hall–Kier alpha value is -3.35. The number of hydrogen-bond donors (Lipinski definition) is 3. The van der Waals surface area contributed by atoms with Gasteiger partial charge in [-0.1, -0.05) is 55.0 Å². The summed E-state index contributed by atoms with van der Waals surface area (Å²) >= 11 is 0. The highest BCUT2D eigenvalue weighted by atomic mass is 16.5. The number of carbonyl (C=O) groups excluding carboxylic acids is 2. The molecule has 5 rings (SSSR count). The summed E-state index contributed by atoms with van der Waals surface area (Å²) in [4.78, 5) is 36.9. The van der Waals surface area contributed by atoms with Crippen LogP contribution in [0.15, 0.2) is 48.5 Å². The highest BCUT2D eigenvalue weighted by Gasteiger charge is 2.36. The average molecular weight is 477 g/mol. The smallest absolute Gasteiger partial charge is 0.407 e. The van der Waals surface area contributed by atoms with E-state index in [4.69, 9.17) is 4.74 Å². The molecule has 0 radical (unpaired) electrons. The van der Waals surface area contributed by atoms with Crippen molar-refractivity contribution in [1.82, 2.24) is 10.6 Å². The van der Waals surface area contributed by atoms with Gasteiger partial charge < -0.3 is 20.5 Å². The van der Waals surface area contributed by atoms with Crippen LogP contribution in [-0.2, 0) is 14.3 Å². The predicted octanol–water partition coefficient (Wildman–Crippen LogP) is 4.31. The number of amides is 2. The summed E-state index contributed by atoms with van der Waals surface area (Å²) in [5.41, 5.74) is 4.67. The fourth-order valence-electron chi connectivity index (χ4n) is 5.80. The number of alkyl carbamates (subject to hydrolysis) is 1. The molecule has 2 aromatic carbocycles. The van der Waals surface area contributed by atoms with E-state index in [1.165, 1.54) is 11.1 Å². The molecule has 2 saturated carbocycles. The van der Waals surface area contributed by atoms with Crippen molar-refractivity contribution in [3.63, 3.8) is 0 Å². The molecule has 3 aliphatic carbocycles. The number of hydrogen-bond acceptors (Lipinski definition) is 4. The zero-order valence-corrected chi connectivity index (χ0v) is 19.7. The molecule has 0 heterocycles. The highest BCUT2D eigenvalue weighted by molar-refractivity contribution is 5.81. The van der Waals surface area contributed by atoms with Gasteiger partial charge in [0.1, 0.15) is 6.61 Å². The predicted molar refractivity (Wildman–Crippen MR) is 131 cm³/mol. The molecule has 7 heteroatoms. The van der Waals surface area contributed by atoms with Crippen molar-refractivity contribution in [2.45, 2.75) is 50.5 Å². The Bertz CT molecular complexity index is 1070. The second-order valence-corrected chi connectivity index (χ2v) is 10.1. The number of carboxylic acids is 1. The fourth-order valence-corrected chi connectivity index (χ4v) is 5.80. The summed E-state index contributed by atoms with van der Waals surface area (Å²) in [5.74, 6) is -1.38. The Morgan fingerprint density at radius 1 is 0.943 bits per heavy atom. The van der Waals surface area contributed by atoms with Crippen molar-refractivity contribution in [1.29, 1.82) is 0 Å². The van der Waals surface area contributed by atoms with Crippen LogP contribution < -0.4 is 10.6 Å². The van der Waals surface area contributed by atoms with Crippen LogP contribution in [0.4, 0.5) is 4.79 Å². The van der Waals surface area contributed by atoms with E-state index in [0.717, 1.165) is 30.4 Å². The van der Waals surface area contributed by atoms with Gasteiger partial charge in [-0.05, 0) is 60.3 Å². The first kappa shape index (κ1) is 23.4. The van der Waals surface area contributed by atoms with Crippen LogP contribution in [0.2, 0.25) is 0 Å². The first-order valence-corrected chi connectivity index (χ1v) is 12.6. The molecule has 2 aromatic rings. The van der Waals surface area contributed by atoms with E-state index in [-0.39, 0.29) is 48.8 Å². The van der Waals surface area contributed by atoms with Gasteiger partial charge in [-0.15, -0.1) is 0 Å². The SMILES string of the molecule is O=C(NCC(C(=O)N[C@H]1CC[C@@H](C(=O)O)C1)C1CCC1)OCC1c2ccccc2-c2ccccc21. The molecule has 0 aliphatic heterocycles. The summed E-state index contributed by atoms with van der Waals surface area (Å²) in [7, 11) is 0. The normalized spacial score (nSPS) is 21.9. The number of nitrogens with one attached hydrogen (secondary N) is 2. The topological polar surface area (TPSA) is 105 Å². The van der Waals surface area contributed by atoms with Crippen LogP contribution in [0.5, 0.6) is 0 Å². The second kappa shape index (κ2) is 10.1. The minimum absolute atomic E-state index is 0.0107. The van der Waals surface area contributed by atoms with E-state index >= 15 is 0 Å². The molecule has 0 bridgehead atoms. The molecule has 184 valence electrons. The van der Waals surface area contributed by atoms with E-state index in [2.05, 4.69) is 34.9 Å². The third kappa shape index (κ3) is 4.90. The van der Waals surface area contributed by atoms with Gasteiger partial charge in [-0.25, -0.2) is 4.79 Å². The molecular weight excluding hydrogens is 444 g/mol. The molecule has 3 atom stereocenters. The van der Waals surface area contributed by atoms with Gasteiger partial charge in [0, 0.05) is 18.5 Å². The largest absolute Gasteiger partial charge is 0.481 e. The molecule has 7 nitrogen and oxygen atoms in total. The number of rotatable bonds is 8. The minimum Gasteiger partial charge on any atom is -0.481 e. The van der Waals surface area contributed by atoms with Crippen molar-refractivity contribution in [2.24, 2.45) is 17.8 Å². The summed E-state index contributed by atoms with van der Waals surface area (Å²) in [6, 6.07) is 16.3. The van der Waals surface area contributed by atoms with E-state index in [9.17, 15) is 19.5 Å². The van der Waals surface area contributed by atoms with Crippen molar-refractivity contribution < 1.29 is 24.2 Å². The number of benzene rings is 2. The number of carboxylic acid groups (broad SMARTS) is 1. The zero-order chi connectivity index (χ0) is 24.4. The second-order valence-electron chi connectivity index (χ2n) is 10.1. The monoisotopic (exact) mass is 476 g/mol. The Morgan fingerprint density at radius 2 is 1.60 bits per heavy atom. The van der Waals surface area contributed by atoms with Crippen LogP contribution in [-0.4, -0.2) is 42.3 Å². The number of aliphatic carboxylic acids is 1. The molecule has 3 N–H and O–H groups in total. The average Bonchev–Trinajstić information content (AvgIpc) is 3.42. The van der Waals surface area contributed by atoms with Gasteiger partial charge in [0.2, 0.25) is 5.91 Å². The zero-order valence-electron chi connectivity index (χ0n) is 19.7. The van der Waals surface area contributed by atoms with Crippen LogP contribution in [0, 0.1) is 17.8 Å². The Kier molecular flexibility index (Phi) is 6.75. The fraction of sp³-hybridized carbons (Fsp3) is 0.464. The van der Waals surface area contributed by atoms with E-state index < -0.39 is 12.1 Å². The van der Waals surface area contributed by atoms with Crippen molar-refractivity contribution in [3.05, 3.63) is 59.7 Å². The van der Waals surface area contributed by atoms with E-state index in [0.29, 0.717) is 19.3 Å². The molecule has 3 aliphatic rings. The maximum atomic E-state index is 13.0. The van der Waals surface area contributed by atoms with Crippen molar-refractivity contribution in [2.75, 3.05) is 13.2 Å².